The van der Waals surface area contributed by atoms with Gasteiger partial charge in [-0.15, -0.1) is 11.3 Å². The molecule has 148 valence electrons. The lowest BCUT2D eigenvalue weighted by molar-refractivity contribution is -0.139. The second kappa shape index (κ2) is 7.55. The van der Waals surface area contributed by atoms with Crippen molar-refractivity contribution < 1.29 is 28.2 Å². The lowest BCUT2D eigenvalue weighted by Gasteiger charge is -2.07. The van der Waals surface area contributed by atoms with Crippen molar-refractivity contribution in [2.45, 2.75) is 13.5 Å². The van der Waals surface area contributed by atoms with Gasteiger partial charge in [0.25, 0.3) is 0 Å². The van der Waals surface area contributed by atoms with Crippen LogP contribution in [0.4, 0.5) is 8.78 Å². The van der Waals surface area contributed by atoms with Gasteiger partial charge in [0.05, 0.1) is 27.4 Å². The highest BCUT2D eigenvalue weighted by molar-refractivity contribution is 7.22. The van der Waals surface area contributed by atoms with Gasteiger partial charge >= 0.3 is 12.6 Å². The molecule has 0 fully saturated rings. The Morgan fingerprint density at radius 2 is 2.07 bits per heavy atom. The molecule has 4 aromatic rings. The van der Waals surface area contributed by atoms with Crippen molar-refractivity contribution in [2.24, 2.45) is 0 Å². The topological polar surface area (TPSA) is 94.4 Å². The van der Waals surface area contributed by atoms with E-state index in [0.29, 0.717) is 37.6 Å². The van der Waals surface area contributed by atoms with E-state index in [2.05, 4.69) is 19.7 Å². The summed E-state index contributed by atoms with van der Waals surface area (Å²) in [7, 11) is 0. The maximum atomic E-state index is 12.5. The molecular formula is C19H13F2N3O4S. The fourth-order valence-corrected chi connectivity index (χ4v) is 3.90. The summed E-state index contributed by atoms with van der Waals surface area (Å²) in [6.45, 7) is -1.60. The van der Waals surface area contributed by atoms with Crippen LogP contribution in [0.1, 0.15) is 5.56 Å². The fourth-order valence-electron chi connectivity index (χ4n) is 2.85. The third kappa shape index (κ3) is 3.92. The molecule has 0 radical (unpaired) electrons. The molecule has 1 N–H and O–H groups in total. The smallest absolute Gasteiger partial charge is 0.388 e. The van der Waals surface area contributed by atoms with Gasteiger partial charge in [0.1, 0.15) is 10.8 Å². The minimum absolute atomic E-state index is 0.266. The number of aryl methyl sites for hydroxylation is 1. The number of carbonyl (C=O) groups is 1. The van der Waals surface area contributed by atoms with Gasteiger partial charge in [0, 0.05) is 5.56 Å². The van der Waals surface area contributed by atoms with Crippen molar-refractivity contribution in [1.82, 2.24) is 15.0 Å². The third-order valence-corrected chi connectivity index (χ3v) is 5.06. The molecule has 0 spiro atoms. The molecule has 0 amide bonds. The molecule has 0 aliphatic carbocycles. The third-order valence-electron chi connectivity index (χ3n) is 3.94. The van der Waals surface area contributed by atoms with E-state index in [1.54, 1.807) is 24.3 Å². The molecular weight excluding hydrogens is 404 g/mol. The molecule has 2 aromatic carbocycles. The highest BCUT2D eigenvalue weighted by atomic mass is 32.1. The van der Waals surface area contributed by atoms with Crippen LogP contribution in [0.5, 0.6) is 11.6 Å². The van der Waals surface area contributed by atoms with Gasteiger partial charge in [0.15, 0.2) is 6.61 Å². The number of aliphatic carboxylic acids is 1. The molecule has 0 atom stereocenters. The molecule has 0 aliphatic rings. The molecule has 10 heteroatoms. The van der Waals surface area contributed by atoms with Crippen LogP contribution in [0.2, 0.25) is 0 Å². The molecule has 2 aromatic heterocycles. The average molecular weight is 417 g/mol. The van der Waals surface area contributed by atoms with E-state index in [9.17, 15) is 13.6 Å². The van der Waals surface area contributed by atoms with Crippen LogP contribution in [-0.2, 0) is 4.79 Å². The molecule has 29 heavy (non-hydrogen) atoms. The predicted molar refractivity (Wildman–Crippen MR) is 103 cm³/mol. The lowest BCUT2D eigenvalue weighted by atomic mass is 10.1. The van der Waals surface area contributed by atoms with Crippen LogP contribution in [0.3, 0.4) is 0 Å². The number of alkyl halides is 2. The van der Waals surface area contributed by atoms with E-state index in [4.69, 9.17) is 9.84 Å². The number of carboxylic acids is 1. The number of ether oxygens (including phenoxy) is 2. The summed E-state index contributed by atoms with van der Waals surface area (Å²) in [4.78, 5) is 23.8. The summed E-state index contributed by atoms with van der Waals surface area (Å²) >= 11 is 1.32. The summed E-state index contributed by atoms with van der Waals surface area (Å²) in [5.41, 5.74) is 3.07. The first-order chi connectivity index (χ1) is 13.9. The van der Waals surface area contributed by atoms with Gasteiger partial charge in [-0.2, -0.15) is 8.78 Å². The predicted octanol–water partition coefficient (Wildman–Crippen LogP) is 4.28. The van der Waals surface area contributed by atoms with E-state index < -0.39 is 19.2 Å². The number of hydrogen-bond donors (Lipinski definition) is 1. The van der Waals surface area contributed by atoms with Crippen molar-refractivity contribution in [3.05, 3.63) is 42.1 Å². The van der Waals surface area contributed by atoms with E-state index in [0.717, 1.165) is 11.8 Å². The number of carboxylic acid groups (broad SMARTS) is 1. The number of benzene rings is 2. The first-order valence-electron chi connectivity index (χ1n) is 8.37. The molecule has 0 unspecified atom stereocenters. The number of nitrogens with zero attached hydrogens (tertiary/aromatic N) is 3. The zero-order valence-electron chi connectivity index (χ0n) is 14.9. The summed E-state index contributed by atoms with van der Waals surface area (Å²) in [6, 6.07) is 8.79. The average Bonchev–Trinajstić information content (AvgIpc) is 3.09. The monoisotopic (exact) mass is 417 g/mol. The van der Waals surface area contributed by atoms with Gasteiger partial charge in [-0.25, -0.2) is 19.7 Å². The van der Waals surface area contributed by atoms with E-state index in [-0.39, 0.29) is 5.88 Å². The molecule has 0 aliphatic heterocycles. The Hall–Kier alpha value is -3.40. The van der Waals surface area contributed by atoms with Gasteiger partial charge in [-0.3, -0.25) is 0 Å². The van der Waals surface area contributed by atoms with E-state index in [1.807, 2.05) is 13.0 Å². The van der Waals surface area contributed by atoms with Crippen molar-refractivity contribution in [3.8, 4) is 22.2 Å². The number of thiazole rings is 1. The zero-order chi connectivity index (χ0) is 20.5. The second-order valence-electron chi connectivity index (χ2n) is 6.07. The van der Waals surface area contributed by atoms with Crippen molar-refractivity contribution in [2.75, 3.05) is 6.61 Å². The first kappa shape index (κ1) is 18.9. The summed E-state index contributed by atoms with van der Waals surface area (Å²) < 4.78 is 35.3. The van der Waals surface area contributed by atoms with Gasteiger partial charge in [0.2, 0.25) is 5.88 Å². The molecule has 7 nitrogen and oxygen atoms in total. The Balaban J connectivity index is 1.82. The Morgan fingerprint density at radius 3 is 2.83 bits per heavy atom. The number of rotatable bonds is 6. The number of halogens is 2. The minimum atomic E-state index is -2.99. The minimum Gasteiger partial charge on any atom is -0.480 e. The summed E-state index contributed by atoms with van der Waals surface area (Å²) in [5.74, 6) is -0.921. The lowest BCUT2D eigenvalue weighted by Crippen LogP contribution is -2.09. The Labute approximate surface area is 166 Å². The van der Waals surface area contributed by atoms with Crippen molar-refractivity contribution in [3.63, 3.8) is 0 Å². The van der Waals surface area contributed by atoms with Gasteiger partial charge in [-0.1, -0.05) is 6.07 Å². The molecule has 2 heterocycles. The molecule has 0 saturated heterocycles. The second-order valence-corrected chi connectivity index (χ2v) is 7.07. The Kier molecular flexibility index (Phi) is 4.93. The first-order valence-corrected chi connectivity index (χ1v) is 9.19. The quantitative estimate of drug-likeness (QED) is 0.500. The van der Waals surface area contributed by atoms with Crippen LogP contribution in [0, 0.1) is 6.92 Å². The molecule has 0 bridgehead atoms. The molecule has 0 saturated carbocycles. The van der Waals surface area contributed by atoms with Crippen LogP contribution in [-0.4, -0.2) is 39.2 Å². The Morgan fingerprint density at radius 1 is 1.24 bits per heavy atom. The van der Waals surface area contributed by atoms with Crippen LogP contribution >= 0.6 is 11.3 Å². The number of fused-ring (bicyclic) bond motifs is 2. The van der Waals surface area contributed by atoms with Crippen molar-refractivity contribution in [1.29, 1.82) is 0 Å². The molecule has 4 rings (SSSR count). The van der Waals surface area contributed by atoms with Crippen LogP contribution < -0.4 is 9.47 Å². The van der Waals surface area contributed by atoms with E-state index >= 15 is 0 Å². The summed E-state index contributed by atoms with van der Waals surface area (Å²) in [5, 5.41) is 9.47. The highest BCUT2D eigenvalue weighted by Gasteiger charge is 2.16. The van der Waals surface area contributed by atoms with Gasteiger partial charge < -0.3 is 14.6 Å². The zero-order valence-corrected chi connectivity index (χ0v) is 15.7. The Bertz CT molecular complexity index is 1230. The van der Waals surface area contributed by atoms with E-state index in [1.165, 1.54) is 11.3 Å². The maximum absolute atomic E-state index is 12.5. The van der Waals surface area contributed by atoms with Crippen molar-refractivity contribution >= 4 is 38.6 Å². The number of aromatic nitrogens is 3. The SMILES string of the molecule is Cc1cc(-c2nc3cccc(OCC(=O)O)c3s2)c2ncc(OC(F)F)nc2c1. The standard InChI is InChI=1S/C19H13F2N3O4S/c1-9-5-10(16-12(6-9)23-14(7-22-16)28-19(20)21)18-24-11-3-2-4-13(17(11)29-18)27-8-15(25)26/h2-7,19H,8H2,1H3,(H,25,26). The normalized spacial score (nSPS) is 11.3. The summed E-state index contributed by atoms with van der Waals surface area (Å²) in [6.07, 6.45) is 1.14. The van der Waals surface area contributed by atoms with Gasteiger partial charge in [-0.05, 0) is 36.8 Å². The van der Waals surface area contributed by atoms with Crippen LogP contribution in [0.25, 0.3) is 31.8 Å². The fraction of sp³-hybridized carbons (Fsp3) is 0.158. The largest absolute Gasteiger partial charge is 0.480 e. The van der Waals surface area contributed by atoms with Crippen LogP contribution in [0.15, 0.2) is 36.5 Å². The maximum Gasteiger partial charge on any atom is 0.388 e. The number of hydrogen-bond acceptors (Lipinski definition) is 7. The highest BCUT2D eigenvalue weighted by Crippen LogP contribution is 2.38.